The number of carbonyl (C=O) groups excluding carboxylic acids is 1. The fraction of sp³-hybridized carbons (Fsp3) is 0.133. The van der Waals surface area contributed by atoms with Crippen molar-refractivity contribution in [3.63, 3.8) is 0 Å². The third kappa shape index (κ3) is 2.47. The zero-order valence-electron chi connectivity index (χ0n) is 10.9. The number of carbonyl (C=O) groups is 1. The molecule has 0 radical (unpaired) electrons. The van der Waals surface area contributed by atoms with Gasteiger partial charge in [-0.3, -0.25) is 4.79 Å². The molecular formula is C15H12ClFO3. The molecule has 0 fully saturated rings. The highest BCUT2D eigenvalue weighted by atomic mass is 35.5. The van der Waals surface area contributed by atoms with Gasteiger partial charge in [-0.1, -0.05) is 23.7 Å². The van der Waals surface area contributed by atoms with Crippen LogP contribution in [0.4, 0.5) is 4.39 Å². The van der Waals surface area contributed by atoms with Crippen molar-refractivity contribution in [1.29, 1.82) is 0 Å². The lowest BCUT2D eigenvalue weighted by Gasteiger charge is -2.13. The smallest absolute Gasteiger partial charge is 0.204 e. The molecule has 20 heavy (non-hydrogen) atoms. The first-order valence-corrected chi connectivity index (χ1v) is 6.17. The fourth-order valence-corrected chi connectivity index (χ4v) is 2.16. The van der Waals surface area contributed by atoms with Crippen molar-refractivity contribution in [2.24, 2.45) is 0 Å². The van der Waals surface area contributed by atoms with Gasteiger partial charge in [0.1, 0.15) is 22.9 Å². The zero-order valence-corrected chi connectivity index (χ0v) is 11.7. The maximum absolute atomic E-state index is 13.9. The van der Waals surface area contributed by atoms with Crippen LogP contribution in [0, 0.1) is 5.82 Å². The largest absolute Gasteiger partial charge is 0.496 e. The van der Waals surface area contributed by atoms with Crippen LogP contribution >= 0.6 is 11.6 Å². The molecule has 0 saturated carbocycles. The zero-order chi connectivity index (χ0) is 14.7. The number of halogens is 2. The Morgan fingerprint density at radius 3 is 2.05 bits per heavy atom. The van der Waals surface area contributed by atoms with E-state index in [-0.39, 0.29) is 16.1 Å². The van der Waals surface area contributed by atoms with Gasteiger partial charge in [-0.15, -0.1) is 0 Å². The summed E-state index contributed by atoms with van der Waals surface area (Å²) >= 11 is 5.92. The molecule has 0 spiro atoms. The highest BCUT2D eigenvalue weighted by Crippen LogP contribution is 2.33. The number of methoxy groups -OCH3 is 2. The first kappa shape index (κ1) is 14.3. The van der Waals surface area contributed by atoms with Gasteiger partial charge in [-0.2, -0.15) is 0 Å². The van der Waals surface area contributed by atoms with Crippen molar-refractivity contribution < 1.29 is 18.7 Å². The minimum Gasteiger partial charge on any atom is -0.496 e. The van der Waals surface area contributed by atoms with Gasteiger partial charge in [0.25, 0.3) is 0 Å². The Morgan fingerprint density at radius 2 is 1.55 bits per heavy atom. The number of hydrogen-bond donors (Lipinski definition) is 0. The quantitative estimate of drug-likeness (QED) is 0.806. The normalized spacial score (nSPS) is 10.2. The van der Waals surface area contributed by atoms with Gasteiger partial charge < -0.3 is 9.47 Å². The van der Waals surface area contributed by atoms with Crippen LogP contribution in [0.2, 0.25) is 5.02 Å². The predicted molar refractivity (Wildman–Crippen MR) is 74.4 cm³/mol. The van der Waals surface area contributed by atoms with Gasteiger partial charge in [-0.05, 0) is 24.3 Å². The molecule has 0 saturated heterocycles. The molecule has 0 atom stereocenters. The van der Waals surface area contributed by atoms with E-state index < -0.39 is 11.6 Å². The van der Waals surface area contributed by atoms with Crippen molar-refractivity contribution >= 4 is 17.4 Å². The second kappa shape index (κ2) is 5.92. The molecule has 2 aromatic rings. The SMILES string of the molecule is COc1cccc(OC)c1C(=O)c1c(F)cccc1Cl. The maximum Gasteiger partial charge on any atom is 0.204 e. The number of ether oxygens (including phenoxy) is 2. The summed E-state index contributed by atoms with van der Waals surface area (Å²) in [5.41, 5.74) is -0.0542. The summed E-state index contributed by atoms with van der Waals surface area (Å²) in [5.74, 6) is -0.666. The maximum atomic E-state index is 13.9. The number of ketones is 1. The number of hydrogen-bond acceptors (Lipinski definition) is 3. The molecule has 5 heteroatoms. The monoisotopic (exact) mass is 294 g/mol. The van der Waals surface area contributed by atoms with Crippen molar-refractivity contribution in [3.05, 3.63) is 58.4 Å². The van der Waals surface area contributed by atoms with Crippen molar-refractivity contribution in [1.82, 2.24) is 0 Å². The van der Waals surface area contributed by atoms with Crippen molar-refractivity contribution in [3.8, 4) is 11.5 Å². The molecule has 0 bridgehead atoms. The van der Waals surface area contributed by atoms with Crippen molar-refractivity contribution in [2.75, 3.05) is 14.2 Å². The summed E-state index contributed by atoms with van der Waals surface area (Å²) in [7, 11) is 2.85. The molecule has 3 nitrogen and oxygen atoms in total. The Kier molecular flexibility index (Phi) is 4.25. The molecule has 0 N–H and O–H groups in total. The lowest BCUT2D eigenvalue weighted by molar-refractivity contribution is 0.102. The summed E-state index contributed by atoms with van der Waals surface area (Å²) in [5, 5.41) is 0.0444. The Hall–Kier alpha value is -2.07. The van der Waals surface area contributed by atoms with E-state index in [2.05, 4.69) is 0 Å². The molecule has 2 aromatic carbocycles. The average molecular weight is 295 g/mol. The second-order valence-electron chi connectivity index (χ2n) is 3.96. The van der Waals surface area contributed by atoms with Crippen LogP contribution < -0.4 is 9.47 Å². The van der Waals surface area contributed by atoms with E-state index in [9.17, 15) is 9.18 Å². The van der Waals surface area contributed by atoms with Crippen molar-refractivity contribution in [2.45, 2.75) is 0 Å². The topological polar surface area (TPSA) is 35.5 Å². The van der Waals surface area contributed by atoms with Gasteiger partial charge in [0.15, 0.2) is 0 Å². The van der Waals surface area contributed by atoms with Crippen LogP contribution in [0.5, 0.6) is 11.5 Å². The Balaban J connectivity index is 2.65. The molecule has 0 heterocycles. The van der Waals surface area contributed by atoms with Gasteiger partial charge in [-0.25, -0.2) is 4.39 Å². The van der Waals surface area contributed by atoms with Gasteiger partial charge in [0.2, 0.25) is 5.78 Å². The molecule has 0 aliphatic carbocycles. The Morgan fingerprint density at radius 1 is 1.00 bits per heavy atom. The summed E-state index contributed by atoms with van der Waals surface area (Å²) in [6.45, 7) is 0. The van der Waals surface area contributed by atoms with Gasteiger partial charge >= 0.3 is 0 Å². The molecule has 0 aliphatic rings. The minimum atomic E-state index is -0.685. The molecule has 2 rings (SSSR count). The van der Waals surface area contributed by atoms with E-state index in [0.717, 1.165) is 0 Å². The minimum absolute atomic E-state index is 0.0444. The van der Waals surface area contributed by atoms with E-state index in [1.54, 1.807) is 18.2 Å². The second-order valence-corrected chi connectivity index (χ2v) is 4.37. The average Bonchev–Trinajstić information content (AvgIpc) is 2.45. The Bertz CT molecular complexity index is 613. The molecule has 104 valence electrons. The third-order valence-corrected chi connectivity index (χ3v) is 3.16. The van der Waals surface area contributed by atoms with Crippen LogP contribution in [0.1, 0.15) is 15.9 Å². The Labute approximate surface area is 120 Å². The molecule has 0 aromatic heterocycles. The third-order valence-electron chi connectivity index (χ3n) is 2.84. The molecule has 0 unspecified atom stereocenters. The van der Waals surface area contributed by atoms with E-state index in [1.807, 2.05) is 0 Å². The first-order chi connectivity index (χ1) is 9.60. The van der Waals surface area contributed by atoms with Crippen LogP contribution in [-0.4, -0.2) is 20.0 Å². The van der Waals surface area contributed by atoms with E-state index in [4.69, 9.17) is 21.1 Å². The summed E-state index contributed by atoms with van der Waals surface area (Å²) < 4.78 is 24.2. The highest BCUT2D eigenvalue weighted by Gasteiger charge is 2.24. The lowest BCUT2D eigenvalue weighted by atomic mass is 10.0. The molecular weight excluding hydrogens is 283 g/mol. The van der Waals surface area contributed by atoms with E-state index in [1.165, 1.54) is 32.4 Å². The first-order valence-electron chi connectivity index (χ1n) is 5.79. The van der Waals surface area contributed by atoms with Crippen LogP contribution in [-0.2, 0) is 0 Å². The predicted octanol–water partition coefficient (Wildman–Crippen LogP) is 3.73. The van der Waals surface area contributed by atoms with E-state index in [0.29, 0.717) is 11.5 Å². The standard InChI is InChI=1S/C15H12ClFO3/c1-19-11-7-4-8-12(20-2)14(11)15(18)13-9(16)5-3-6-10(13)17/h3-8H,1-2H3. The van der Waals surface area contributed by atoms with Crippen LogP contribution in [0.15, 0.2) is 36.4 Å². The molecule has 0 amide bonds. The number of rotatable bonds is 4. The highest BCUT2D eigenvalue weighted by molar-refractivity contribution is 6.35. The van der Waals surface area contributed by atoms with E-state index >= 15 is 0 Å². The fourth-order valence-electron chi connectivity index (χ4n) is 1.91. The summed E-state index contributed by atoms with van der Waals surface area (Å²) in [6.07, 6.45) is 0. The number of benzene rings is 2. The van der Waals surface area contributed by atoms with Crippen LogP contribution in [0.25, 0.3) is 0 Å². The summed E-state index contributed by atoms with van der Waals surface area (Å²) in [6, 6.07) is 8.96. The lowest BCUT2D eigenvalue weighted by Crippen LogP contribution is -2.09. The molecule has 0 aliphatic heterocycles. The van der Waals surface area contributed by atoms with Gasteiger partial charge in [0, 0.05) is 0 Å². The van der Waals surface area contributed by atoms with Crippen LogP contribution in [0.3, 0.4) is 0 Å². The summed E-state index contributed by atoms with van der Waals surface area (Å²) in [4.78, 5) is 12.6. The van der Waals surface area contributed by atoms with Gasteiger partial charge in [0.05, 0.1) is 24.8 Å².